The van der Waals surface area contributed by atoms with E-state index in [1.807, 2.05) is 17.1 Å². The predicted octanol–water partition coefficient (Wildman–Crippen LogP) is 3.71. The fraction of sp³-hybridized carbons (Fsp3) is 0.471. The number of imidazole rings is 1. The Balaban J connectivity index is 1.59. The van der Waals surface area contributed by atoms with Crippen LogP contribution in [-0.2, 0) is 0 Å². The SMILES string of the molecule is CC(NCC1CCCC1)c1ccc(-n2ccnc2)cc1. The highest BCUT2D eigenvalue weighted by Gasteiger charge is 2.15. The molecule has 3 heteroatoms. The van der Waals surface area contributed by atoms with E-state index in [4.69, 9.17) is 0 Å². The molecule has 1 aromatic heterocycles. The molecule has 1 atom stereocenters. The Kier molecular flexibility index (Phi) is 4.16. The van der Waals surface area contributed by atoms with Crippen molar-refractivity contribution in [3.63, 3.8) is 0 Å². The number of hydrogen-bond acceptors (Lipinski definition) is 2. The van der Waals surface area contributed by atoms with Gasteiger partial charge in [-0.05, 0) is 49.9 Å². The maximum Gasteiger partial charge on any atom is 0.0991 e. The van der Waals surface area contributed by atoms with Gasteiger partial charge in [-0.25, -0.2) is 4.98 Å². The van der Waals surface area contributed by atoms with Crippen LogP contribution in [-0.4, -0.2) is 16.1 Å². The van der Waals surface area contributed by atoms with Crippen molar-refractivity contribution in [2.45, 2.75) is 38.6 Å². The van der Waals surface area contributed by atoms with E-state index in [2.05, 4.69) is 41.5 Å². The molecule has 1 unspecified atom stereocenters. The molecule has 1 saturated carbocycles. The molecule has 0 saturated heterocycles. The molecule has 1 N–H and O–H groups in total. The van der Waals surface area contributed by atoms with Crippen LogP contribution in [0.5, 0.6) is 0 Å². The first-order valence-corrected chi connectivity index (χ1v) is 7.64. The normalized spacial score (nSPS) is 17.4. The summed E-state index contributed by atoms with van der Waals surface area (Å²) in [6, 6.07) is 9.16. The molecule has 3 nitrogen and oxygen atoms in total. The van der Waals surface area contributed by atoms with Gasteiger partial charge in [-0.1, -0.05) is 25.0 Å². The molecule has 3 rings (SSSR count). The van der Waals surface area contributed by atoms with Gasteiger partial charge in [0.2, 0.25) is 0 Å². The highest BCUT2D eigenvalue weighted by molar-refractivity contribution is 5.35. The summed E-state index contributed by atoms with van der Waals surface area (Å²) in [5, 5.41) is 3.68. The molecule has 20 heavy (non-hydrogen) atoms. The molecular formula is C17H23N3. The number of rotatable bonds is 5. The molecule has 0 radical (unpaired) electrons. The van der Waals surface area contributed by atoms with Crippen molar-refractivity contribution < 1.29 is 0 Å². The topological polar surface area (TPSA) is 29.9 Å². The van der Waals surface area contributed by atoms with E-state index in [1.54, 1.807) is 6.20 Å². The molecule has 0 amide bonds. The molecular weight excluding hydrogens is 246 g/mol. The van der Waals surface area contributed by atoms with Crippen LogP contribution in [0.15, 0.2) is 43.0 Å². The molecule has 0 aliphatic heterocycles. The van der Waals surface area contributed by atoms with Gasteiger partial charge in [0.25, 0.3) is 0 Å². The molecule has 1 heterocycles. The lowest BCUT2D eigenvalue weighted by Gasteiger charge is -2.17. The second-order valence-corrected chi connectivity index (χ2v) is 5.84. The molecule has 2 aromatic rings. The van der Waals surface area contributed by atoms with Gasteiger partial charge in [0.15, 0.2) is 0 Å². The Morgan fingerprint density at radius 3 is 2.65 bits per heavy atom. The van der Waals surface area contributed by atoms with Crippen molar-refractivity contribution in [2.75, 3.05) is 6.54 Å². The maximum absolute atomic E-state index is 4.08. The average molecular weight is 269 g/mol. The second-order valence-electron chi connectivity index (χ2n) is 5.84. The first kappa shape index (κ1) is 13.4. The summed E-state index contributed by atoms with van der Waals surface area (Å²) in [5.74, 6) is 0.891. The monoisotopic (exact) mass is 269 g/mol. The van der Waals surface area contributed by atoms with Gasteiger partial charge in [0.05, 0.1) is 6.33 Å². The summed E-state index contributed by atoms with van der Waals surface area (Å²) in [7, 11) is 0. The van der Waals surface area contributed by atoms with Gasteiger partial charge in [-0.15, -0.1) is 0 Å². The summed E-state index contributed by atoms with van der Waals surface area (Å²) in [4.78, 5) is 4.08. The minimum Gasteiger partial charge on any atom is -0.310 e. The van der Waals surface area contributed by atoms with Crippen LogP contribution in [0.4, 0.5) is 0 Å². The number of hydrogen-bond donors (Lipinski definition) is 1. The first-order valence-electron chi connectivity index (χ1n) is 7.64. The quantitative estimate of drug-likeness (QED) is 0.896. The zero-order valence-electron chi connectivity index (χ0n) is 12.1. The molecule has 1 aliphatic carbocycles. The summed E-state index contributed by atoms with van der Waals surface area (Å²) in [6.07, 6.45) is 11.2. The van der Waals surface area contributed by atoms with Gasteiger partial charge >= 0.3 is 0 Å². The van der Waals surface area contributed by atoms with Crippen molar-refractivity contribution in [3.8, 4) is 5.69 Å². The van der Waals surface area contributed by atoms with E-state index in [1.165, 1.54) is 31.2 Å². The standard InChI is InChI=1S/C17H23N3/c1-14(19-12-15-4-2-3-5-15)16-6-8-17(9-7-16)20-11-10-18-13-20/h6-11,13-15,19H,2-5,12H2,1H3. The van der Waals surface area contributed by atoms with E-state index in [0.29, 0.717) is 6.04 Å². The summed E-state index contributed by atoms with van der Waals surface area (Å²) in [6.45, 7) is 3.41. The van der Waals surface area contributed by atoms with Crippen molar-refractivity contribution in [2.24, 2.45) is 5.92 Å². The number of nitrogens with one attached hydrogen (secondary N) is 1. The van der Waals surface area contributed by atoms with E-state index >= 15 is 0 Å². The zero-order chi connectivity index (χ0) is 13.8. The van der Waals surface area contributed by atoms with Crippen LogP contribution in [0.2, 0.25) is 0 Å². The number of aromatic nitrogens is 2. The number of benzene rings is 1. The predicted molar refractivity (Wildman–Crippen MR) is 81.9 cm³/mol. The summed E-state index contributed by atoms with van der Waals surface area (Å²) in [5.41, 5.74) is 2.51. The number of nitrogens with zero attached hydrogens (tertiary/aromatic N) is 2. The Labute approximate surface area is 121 Å². The molecule has 1 fully saturated rings. The fourth-order valence-electron chi connectivity index (χ4n) is 3.02. The smallest absolute Gasteiger partial charge is 0.0991 e. The lowest BCUT2D eigenvalue weighted by Crippen LogP contribution is -2.24. The molecule has 1 aromatic carbocycles. The Hall–Kier alpha value is -1.61. The molecule has 0 bridgehead atoms. The van der Waals surface area contributed by atoms with Crippen molar-refractivity contribution in [3.05, 3.63) is 48.5 Å². The minimum absolute atomic E-state index is 0.424. The summed E-state index contributed by atoms with van der Waals surface area (Å²) < 4.78 is 2.03. The highest BCUT2D eigenvalue weighted by Crippen LogP contribution is 2.25. The van der Waals surface area contributed by atoms with E-state index in [0.717, 1.165) is 18.2 Å². The lowest BCUT2D eigenvalue weighted by molar-refractivity contribution is 0.452. The van der Waals surface area contributed by atoms with Crippen LogP contribution < -0.4 is 5.32 Å². The largest absolute Gasteiger partial charge is 0.310 e. The fourth-order valence-corrected chi connectivity index (χ4v) is 3.02. The Morgan fingerprint density at radius 1 is 1.25 bits per heavy atom. The van der Waals surface area contributed by atoms with Crippen molar-refractivity contribution in [1.82, 2.24) is 14.9 Å². The van der Waals surface area contributed by atoms with Crippen LogP contribution in [0.1, 0.15) is 44.2 Å². The Bertz CT molecular complexity index is 510. The van der Waals surface area contributed by atoms with Crippen molar-refractivity contribution in [1.29, 1.82) is 0 Å². The van der Waals surface area contributed by atoms with E-state index in [-0.39, 0.29) is 0 Å². The molecule has 1 aliphatic rings. The zero-order valence-corrected chi connectivity index (χ0v) is 12.1. The second kappa shape index (κ2) is 6.23. The first-order chi connectivity index (χ1) is 9.83. The lowest BCUT2D eigenvalue weighted by atomic mass is 10.1. The maximum atomic E-state index is 4.08. The molecule has 106 valence electrons. The van der Waals surface area contributed by atoms with E-state index in [9.17, 15) is 0 Å². The van der Waals surface area contributed by atoms with Gasteiger partial charge in [0.1, 0.15) is 0 Å². The van der Waals surface area contributed by atoms with Gasteiger partial charge < -0.3 is 9.88 Å². The minimum atomic E-state index is 0.424. The molecule has 0 spiro atoms. The van der Waals surface area contributed by atoms with Crippen LogP contribution in [0, 0.1) is 5.92 Å². The third-order valence-electron chi connectivity index (χ3n) is 4.38. The van der Waals surface area contributed by atoms with Crippen LogP contribution in [0.3, 0.4) is 0 Å². The third kappa shape index (κ3) is 3.10. The summed E-state index contributed by atoms with van der Waals surface area (Å²) >= 11 is 0. The van der Waals surface area contributed by atoms with Crippen molar-refractivity contribution >= 4 is 0 Å². The van der Waals surface area contributed by atoms with Crippen LogP contribution in [0.25, 0.3) is 5.69 Å². The van der Waals surface area contributed by atoms with Crippen LogP contribution >= 0.6 is 0 Å². The Morgan fingerprint density at radius 2 is 2.00 bits per heavy atom. The van der Waals surface area contributed by atoms with Gasteiger partial charge in [-0.3, -0.25) is 0 Å². The highest BCUT2D eigenvalue weighted by atomic mass is 15.0. The third-order valence-corrected chi connectivity index (χ3v) is 4.38. The van der Waals surface area contributed by atoms with Gasteiger partial charge in [-0.2, -0.15) is 0 Å². The average Bonchev–Trinajstić information content (AvgIpc) is 3.18. The van der Waals surface area contributed by atoms with Gasteiger partial charge in [0, 0.05) is 24.1 Å². The van der Waals surface area contributed by atoms with E-state index < -0.39 is 0 Å².